The molecule has 0 unspecified atom stereocenters. The number of piperidine rings is 1. The maximum Gasteiger partial charge on any atom is 0.225 e. The van der Waals surface area contributed by atoms with Crippen molar-refractivity contribution in [1.29, 1.82) is 0 Å². The molecular weight excluding hydrogens is 260 g/mol. The lowest BCUT2D eigenvalue weighted by atomic mass is 10.1. The van der Waals surface area contributed by atoms with Crippen LogP contribution in [0.2, 0.25) is 0 Å². The Hall–Kier alpha value is -2.36. The molecule has 4 rings (SSSR count). The minimum absolute atomic E-state index is 0.859. The molecule has 1 aliphatic rings. The monoisotopic (exact) mass is 278 g/mol. The van der Waals surface area contributed by atoms with Crippen LogP contribution in [0, 0.1) is 0 Å². The lowest BCUT2D eigenvalue weighted by Crippen LogP contribution is -2.30. The van der Waals surface area contributed by atoms with Gasteiger partial charge >= 0.3 is 0 Å². The number of aromatic amines is 1. The molecule has 1 saturated heterocycles. The van der Waals surface area contributed by atoms with Crippen LogP contribution in [-0.2, 0) is 0 Å². The molecule has 0 atom stereocenters. The molecule has 106 valence electrons. The molecule has 3 heterocycles. The first kappa shape index (κ1) is 12.4. The highest BCUT2D eigenvalue weighted by Crippen LogP contribution is 2.28. The standard InChI is InChI=1S/C17H18N4/c1-4-10-21(11-5-1)17-18-9-8-16(20-17)14-12-19-15-7-3-2-6-13(14)15/h2-3,6-9,12,19H,1,4-5,10-11H2. The van der Waals surface area contributed by atoms with E-state index in [2.05, 4.69) is 33.1 Å². The van der Waals surface area contributed by atoms with Gasteiger partial charge in [-0.1, -0.05) is 18.2 Å². The fourth-order valence-corrected chi connectivity index (χ4v) is 3.03. The first-order valence-electron chi connectivity index (χ1n) is 7.56. The van der Waals surface area contributed by atoms with Crippen LogP contribution in [0.15, 0.2) is 42.7 Å². The fraction of sp³-hybridized carbons (Fsp3) is 0.294. The highest BCUT2D eigenvalue weighted by atomic mass is 15.2. The smallest absolute Gasteiger partial charge is 0.225 e. The normalized spacial score (nSPS) is 15.5. The second-order valence-corrected chi connectivity index (χ2v) is 5.54. The number of para-hydroxylation sites is 1. The Labute approximate surface area is 123 Å². The van der Waals surface area contributed by atoms with Crippen LogP contribution in [0.4, 0.5) is 5.95 Å². The average molecular weight is 278 g/mol. The van der Waals surface area contributed by atoms with Crippen LogP contribution in [0.5, 0.6) is 0 Å². The van der Waals surface area contributed by atoms with Crippen molar-refractivity contribution < 1.29 is 0 Å². The summed E-state index contributed by atoms with van der Waals surface area (Å²) in [5.41, 5.74) is 3.28. The summed E-state index contributed by atoms with van der Waals surface area (Å²) in [6, 6.07) is 10.3. The quantitative estimate of drug-likeness (QED) is 0.778. The van der Waals surface area contributed by atoms with Crippen LogP contribution in [-0.4, -0.2) is 28.0 Å². The molecular formula is C17H18N4. The van der Waals surface area contributed by atoms with Crippen molar-refractivity contribution in [2.75, 3.05) is 18.0 Å². The van der Waals surface area contributed by atoms with Gasteiger partial charge in [-0.25, -0.2) is 9.97 Å². The first-order valence-corrected chi connectivity index (χ1v) is 7.56. The molecule has 0 spiro atoms. The number of nitrogens with zero attached hydrogens (tertiary/aromatic N) is 3. The third-order valence-corrected chi connectivity index (χ3v) is 4.15. The van der Waals surface area contributed by atoms with E-state index in [9.17, 15) is 0 Å². The van der Waals surface area contributed by atoms with Gasteiger partial charge in [0, 0.05) is 41.9 Å². The van der Waals surface area contributed by atoms with Gasteiger partial charge in [0.1, 0.15) is 0 Å². The maximum atomic E-state index is 4.78. The number of aromatic nitrogens is 3. The van der Waals surface area contributed by atoms with Crippen molar-refractivity contribution in [2.45, 2.75) is 19.3 Å². The Kier molecular flexibility index (Phi) is 3.07. The molecule has 1 aliphatic heterocycles. The molecule has 3 aromatic rings. The highest BCUT2D eigenvalue weighted by molar-refractivity contribution is 5.94. The molecule has 0 aliphatic carbocycles. The second kappa shape index (κ2) is 5.20. The molecule has 1 N–H and O–H groups in total. The van der Waals surface area contributed by atoms with Crippen molar-refractivity contribution in [2.24, 2.45) is 0 Å². The van der Waals surface area contributed by atoms with Gasteiger partial charge in [-0.05, 0) is 31.4 Å². The number of rotatable bonds is 2. The molecule has 0 radical (unpaired) electrons. The van der Waals surface area contributed by atoms with Gasteiger partial charge in [0.2, 0.25) is 5.95 Å². The third kappa shape index (κ3) is 2.27. The average Bonchev–Trinajstić information content (AvgIpc) is 3.00. The fourth-order valence-electron chi connectivity index (χ4n) is 3.03. The zero-order valence-electron chi connectivity index (χ0n) is 11.9. The molecule has 2 aromatic heterocycles. The van der Waals surface area contributed by atoms with Crippen molar-refractivity contribution in [3.05, 3.63) is 42.7 Å². The largest absolute Gasteiger partial charge is 0.360 e. The molecule has 21 heavy (non-hydrogen) atoms. The first-order chi connectivity index (χ1) is 10.4. The van der Waals surface area contributed by atoms with E-state index < -0.39 is 0 Å². The number of nitrogens with one attached hydrogen (secondary N) is 1. The summed E-state index contributed by atoms with van der Waals surface area (Å²) in [6.45, 7) is 2.13. The zero-order chi connectivity index (χ0) is 14.1. The molecule has 4 nitrogen and oxygen atoms in total. The van der Waals surface area contributed by atoms with E-state index >= 15 is 0 Å². The Morgan fingerprint density at radius 1 is 1.00 bits per heavy atom. The predicted octanol–water partition coefficient (Wildman–Crippen LogP) is 3.62. The molecule has 1 aromatic carbocycles. The van der Waals surface area contributed by atoms with Crippen LogP contribution in [0.3, 0.4) is 0 Å². The van der Waals surface area contributed by atoms with Crippen molar-refractivity contribution in [1.82, 2.24) is 15.0 Å². The number of fused-ring (bicyclic) bond motifs is 1. The van der Waals surface area contributed by atoms with Crippen molar-refractivity contribution >= 4 is 16.9 Å². The van der Waals surface area contributed by atoms with Crippen molar-refractivity contribution in [3.8, 4) is 11.3 Å². The van der Waals surface area contributed by atoms with Crippen LogP contribution < -0.4 is 4.90 Å². The summed E-state index contributed by atoms with van der Waals surface area (Å²) in [5, 5.41) is 1.21. The summed E-state index contributed by atoms with van der Waals surface area (Å²) in [6.07, 6.45) is 7.70. The SMILES string of the molecule is c1ccc2c(-c3ccnc(N4CCCCC4)n3)c[nH]c2c1. The topological polar surface area (TPSA) is 44.8 Å². The lowest BCUT2D eigenvalue weighted by molar-refractivity contribution is 0.568. The molecule has 1 fully saturated rings. The Morgan fingerprint density at radius 2 is 1.86 bits per heavy atom. The maximum absolute atomic E-state index is 4.78. The minimum atomic E-state index is 0.859. The van der Waals surface area contributed by atoms with Gasteiger partial charge in [-0.2, -0.15) is 0 Å². The Morgan fingerprint density at radius 3 is 2.76 bits per heavy atom. The number of H-pyrrole nitrogens is 1. The van der Waals surface area contributed by atoms with Crippen molar-refractivity contribution in [3.63, 3.8) is 0 Å². The van der Waals surface area contributed by atoms with Gasteiger partial charge < -0.3 is 9.88 Å². The summed E-state index contributed by atoms with van der Waals surface area (Å²) in [5.74, 6) is 0.859. The predicted molar refractivity (Wildman–Crippen MR) is 85.4 cm³/mol. The van der Waals surface area contributed by atoms with E-state index in [1.54, 1.807) is 0 Å². The summed E-state index contributed by atoms with van der Waals surface area (Å²) in [4.78, 5) is 14.8. The Balaban J connectivity index is 1.75. The van der Waals surface area contributed by atoms with E-state index in [1.165, 1.54) is 24.6 Å². The number of anilines is 1. The van der Waals surface area contributed by atoms with Gasteiger partial charge in [0.05, 0.1) is 5.69 Å². The van der Waals surface area contributed by atoms with Gasteiger partial charge in [0.15, 0.2) is 0 Å². The van der Waals surface area contributed by atoms with Crippen LogP contribution in [0.25, 0.3) is 22.2 Å². The van der Waals surface area contributed by atoms with E-state index in [0.717, 1.165) is 35.8 Å². The molecule has 0 saturated carbocycles. The minimum Gasteiger partial charge on any atom is -0.360 e. The second-order valence-electron chi connectivity index (χ2n) is 5.54. The highest BCUT2D eigenvalue weighted by Gasteiger charge is 2.15. The molecule has 0 bridgehead atoms. The van der Waals surface area contributed by atoms with Gasteiger partial charge in [-0.15, -0.1) is 0 Å². The van der Waals surface area contributed by atoms with E-state index in [0.29, 0.717) is 0 Å². The lowest BCUT2D eigenvalue weighted by Gasteiger charge is -2.26. The summed E-state index contributed by atoms with van der Waals surface area (Å²) >= 11 is 0. The number of hydrogen-bond acceptors (Lipinski definition) is 3. The van der Waals surface area contributed by atoms with E-state index in [4.69, 9.17) is 4.98 Å². The number of benzene rings is 1. The van der Waals surface area contributed by atoms with Gasteiger partial charge in [-0.3, -0.25) is 0 Å². The summed E-state index contributed by atoms with van der Waals surface area (Å²) in [7, 11) is 0. The van der Waals surface area contributed by atoms with E-state index in [-0.39, 0.29) is 0 Å². The van der Waals surface area contributed by atoms with E-state index in [1.807, 2.05) is 24.5 Å². The van der Waals surface area contributed by atoms with Gasteiger partial charge in [0.25, 0.3) is 0 Å². The number of hydrogen-bond donors (Lipinski definition) is 1. The Bertz CT molecular complexity index is 756. The third-order valence-electron chi connectivity index (χ3n) is 4.15. The molecule has 0 amide bonds. The summed E-state index contributed by atoms with van der Waals surface area (Å²) < 4.78 is 0. The zero-order valence-corrected chi connectivity index (χ0v) is 11.9. The van der Waals surface area contributed by atoms with Crippen LogP contribution in [0.1, 0.15) is 19.3 Å². The molecule has 4 heteroatoms. The van der Waals surface area contributed by atoms with Crippen LogP contribution >= 0.6 is 0 Å².